The zero-order chi connectivity index (χ0) is 24.0. The molecule has 3 nitrogen and oxygen atoms in total. The molecule has 1 spiro atoms. The summed E-state index contributed by atoms with van der Waals surface area (Å²) in [5.74, 6) is 4.56. The lowest BCUT2D eigenvalue weighted by Crippen LogP contribution is -2.57. The van der Waals surface area contributed by atoms with Crippen LogP contribution in [0.3, 0.4) is 0 Å². The standard InChI is InChI=1S/C31H46N2O/c1-20(32(4)5)24-13-14-25-22-12-11-21-19-31(27-10-8-7-9-23(27)28(34)33(31)6)18-17-29(21,2)26(22)15-16-30(24,25)3/h7-10,20-22,24-26H,11-19H2,1-6H3/t20-,21+,22-,24-,25-,26+,29-,30+,31+/m0/s1. The van der Waals surface area contributed by atoms with Crippen molar-refractivity contribution in [2.75, 3.05) is 21.1 Å². The molecule has 1 aliphatic heterocycles. The number of carbonyl (C=O) groups excluding carboxylic acids is 1. The lowest BCUT2D eigenvalue weighted by molar-refractivity contribution is -0.134. The maximum atomic E-state index is 13.2. The number of hydrogen-bond donors (Lipinski definition) is 0. The Bertz CT molecular complexity index is 987. The van der Waals surface area contributed by atoms with Crippen LogP contribution in [0.25, 0.3) is 0 Å². The van der Waals surface area contributed by atoms with Crippen LogP contribution in [-0.4, -0.2) is 42.9 Å². The van der Waals surface area contributed by atoms with E-state index in [9.17, 15) is 4.79 Å². The van der Waals surface area contributed by atoms with Gasteiger partial charge in [-0.05, 0) is 131 Å². The molecule has 186 valence electrons. The SMILES string of the molecule is C[C@@H]([C@@H]1CC[C@H]2[C@@H]3CC[C@@H]4C[C@]5(CC[C@]4(C)[C@@H]3CC[C@@]21C)c1ccccc1C(=O)N5C)N(C)C. The minimum absolute atomic E-state index is 0.0620. The Morgan fingerprint density at radius 3 is 2.44 bits per heavy atom. The van der Waals surface area contributed by atoms with E-state index in [1.165, 1.54) is 56.9 Å². The van der Waals surface area contributed by atoms with Gasteiger partial charge in [-0.1, -0.05) is 32.0 Å². The van der Waals surface area contributed by atoms with Crippen molar-refractivity contribution in [2.24, 2.45) is 40.4 Å². The zero-order valence-electron chi connectivity index (χ0n) is 22.4. The molecule has 1 aromatic carbocycles. The van der Waals surface area contributed by atoms with E-state index in [-0.39, 0.29) is 11.4 Å². The molecule has 0 N–H and O–H groups in total. The summed E-state index contributed by atoms with van der Waals surface area (Å²) in [5.41, 5.74) is 3.19. The molecule has 4 aliphatic carbocycles. The van der Waals surface area contributed by atoms with Gasteiger partial charge < -0.3 is 9.80 Å². The molecule has 1 heterocycles. The maximum absolute atomic E-state index is 13.2. The fourth-order valence-corrected chi connectivity index (χ4v) is 10.6. The van der Waals surface area contributed by atoms with E-state index in [4.69, 9.17) is 0 Å². The Labute approximate surface area is 207 Å². The molecule has 9 atom stereocenters. The van der Waals surface area contributed by atoms with Gasteiger partial charge in [-0.25, -0.2) is 0 Å². The van der Waals surface area contributed by atoms with E-state index >= 15 is 0 Å². The highest BCUT2D eigenvalue weighted by molar-refractivity contribution is 5.99. The predicted octanol–water partition coefficient (Wildman–Crippen LogP) is 6.58. The van der Waals surface area contributed by atoms with Gasteiger partial charge in [0.05, 0.1) is 5.54 Å². The van der Waals surface area contributed by atoms with Crippen molar-refractivity contribution >= 4 is 5.91 Å². The van der Waals surface area contributed by atoms with E-state index in [1.54, 1.807) is 0 Å². The molecule has 0 radical (unpaired) electrons. The highest BCUT2D eigenvalue weighted by Crippen LogP contribution is 2.69. The highest BCUT2D eigenvalue weighted by Gasteiger charge is 2.63. The Balaban J connectivity index is 1.28. The number of rotatable bonds is 2. The van der Waals surface area contributed by atoms with Crippen LogP contribution in [0.4, 0.5) is 0 Å². The number of amides is 1. The van der Waals surface area contributed by atoms with Crippen LogP contribution in [0.2, 0.25) is 0 Å². The number of benzene rings is 1. The topological polar surface area (TPSA) is 23.6 Å². The van der Waals surface area contributed by atoms with Gasteiger partial charge in [-0.15, -0.1) is 0 Å². The maximum Gasteiger partial charge on any atom is 0.254 e. The van der Waals surface area contributed by atoms with Crippen LogP contribution in [0.1, 0.15) is 94.5 Å². The molecule has 1 aromatic rings. The van der Waals surface area contributed by atoms with Crippen LogP contribution in [0.15, 0.2) is 24.3 Å². The third-order valence-corrected chi connectivity index (χ3v) is 12.8. The summed E-state index contributed by atoms with van der Waals surface area (Å²) in [4.78, 5) is 17.8. The molecule has 3 heteroatoms. The Morgan fingerprint density at radius 2 is 1.68 bits per heavy atom. The second-order valence-electron chi connectivity index (χ2n) is 13.7. The Kier molecular flexibility index (Phi) is 5.14. The van der Waals surface area contributed by atoms with Gasteiger partial charge in [0, 0.05) is 18.7 Å². The molecule has 0 aromatic heterocycles. The van der Waals surface area contributed by atoms with E-state index in [0.29, 0.717) is 16.9 Å². The molecule has 1 amide bonds. The predicted molar refractivity (Wildman–Crippen MR) is 139 cm³/mol. The number of fused-ring (bicyclic) bond motifs is 7. The van der Waals surface area contributed by atoms with Gasteiger partial charge in [0.2, 0.25) is 0 Å². The van der Waals surface area contributed by atoms with Crippen LogP contribution >= 0.6 is 0 Å². The van der Waals surface area contributed by atoms with Crippen LogP contribution in [0.5, 0.6) is 0 Å². The van der Waals surface area contributed by atoms with Crippen molar-refractivity contribution in [2.45, 2.75) is 90.1 Å². The molecule has 6 rings (SSSR count). The largest absolute Gasteiger partial charge is 0.332 e. The monoisotopic (exact) mass is 462 g/mol. The fraction of sp³-hybridized carbons (Fsp3) is 0.774. The van der Waals surface area contributed by atoms with Gasteiger partial charge in [0.15, 0.2) is 0 Å². The van der Waals surface area contributed by atoms with E-state index in [2.05, 4.69) is 69.9 Å². The quantitative estimate of drug-likeness (QED) is 0.496. The van der Waals surface area contributed by atoms with Crippen molar-refractivity contribution in [3.05, 3.63) is 35.4 Å². The van der Waals surface area contributed by atoms with Crippen molar-refractivity contribution in [3.63, 3.8) is 0 Å². The number of hydrogen-bond acceptors (Lipinski definition) is 2. The molecule has 0 unspecified atom stereocenters. The molecule has 4 fully saturated rings. The van der Waals surface area contributed by atoms with Crippen molar-refractivity contribution in [1.82, 2.24) is 9.80 Å². The van der Waals surface area contributed by atoms with Crippen LogP contribution in [0, 0.1) is 40.4 Å². The second kappa shape index (κ2) is 7.58. The van der Waals surface area contributed by atoms with Crippen LogP contribution in [-0.2, 0) is 5.54 Å². The molecular formula is C31H46N2O. The lowest BCUT2D eigenvalue weighted by Gasteiger charge is -2.63. The first kappa shape index (κ1) is 23.1. The summed E-state index contributed by atoms with van der Waals surface area (Å²) in [5, 5.41) is 0. The summed E-state index contributed by atoms with van der Waals surface area (Å²) >= 11 is 0. The first-order valence-electron chi connectivity index (χ1n) is 14.2. The van der Waals surface area contributed by atoms with Gasteiger partial charge in [0.25, 0.3) is 5.91 Å². The van der Waals surface area contributed by atoms with Gasteiger partial charge in [-0.2, -0.15) is 0 Å². The highest BCUT2D eigenvalue weighted by atomic mass is 16.2. The second-order valence-corrected chi connectivity index (χ2v) is 13.7. The average molecular weight is 463 g/mol. The van der Waals surface area contributed by atoms with Gasteiger partial charge in [0.1, 0.15) is 0 Å². The lowest BCUT2D eigenvalue weighted by atomic mass is 9.43. The summed E-state index contributed by atoms with van der Waals surface area (Å²) < 4.78 is 0. The average Bonchev–Trinajstić information content (AvgIpc) is 3.28. The van der Waals surface area contributed by atoms with E-state index in [1.807, 2.05) is 6.07 Å². The van der Waals surface area contributed by atoms with Crippen LogP contribution < -0.4 is 0 Å². The number of nitrogens with zero attached hydrogens (tertiary/aromatic N) is 2. The smallest absolute Gasteiger partial charge is 0.254 e. The van der Waals surface area contributed by atoms with Gasteiger partial charge in [-0.3, -0.25) is 4.79 Å². The molecular weight excluding hydrogens is 416 g/mol. The van der Waals surface area contributed by atoms with Crippen molar-refractivity contribution in [1.29, 1.82) is 0 Å². The molecule has 0 saturated heterocycles. The minimum atomic E-state index is -0.0620. The molecule has 34 heavy (non-hydrogen) atoms. The van der Waals surface area contributed by atoms with E-state index < -0.39 is 0 Å². The first-order valence-corrected chi connectivity index (χ1v) is 14.2. The first-order chi connectivity index (χ1) is 16.1. The van der Waals surface area contributed by atoms with Crippen molar-refractivity contribution in [3.8, 4) is 0 Å². The fourth-order valence-electron chi connectivity index (χ4n) is 10.6. The molecule has 0 bridgehead atoms. The molecule has 4 saturated carbocycles. The summed E-state index contributed by atoms with van der Waals surface area (Å²) in [6.07, 6.45) is 12.1. The summed E-state index contributed by atoms with van der Waals surface area (Å²) in [6.45, 7) is 7.81. The summed E-state index contributed by atoms with van der Waals surface area (Å²) in [6, 6.07) is 9.17. The Morgan fingerprint density at radius 1 is 0.941 bits per heavy atom. The Hall–Kier alpha value is -1.35. The van der Waals surface area contributed by atoms with E-state index in [0.717, 1.165) is 41.6 Å². The zero-order valence-corrected chi connectivity index (χ0v) is 22.4. The third kappa shape index (κ3) is 2.83. The molecule has 5 aliphatic rings. The number of carbonyl (C=O) groups is 1. The van der Waals surface area contributed by atoms with Gasteiger partial charge >= 0.3 is 0 Å². The van der Waals surface area contributed by atoms with Crippen molar-refractivity contribution < 1.29 is 4.79 Å². The minimum Gasteiger partial charge on any atom is -0.332 e. The third-order valence-electron chi connectivity index (χ3n) is 12.8. The normalized spacial score (nSPS) is 46.3. The summed E-state index contributed by atoms with van der Waals surface area (Å²) in [7, 11) is 6.63.